The fourth-order valence-corrected chi connectivity index (χ4v) is 6.24. The van der Waals surface area contributed by atoms with Gasteiger partial charge in [0.2, 0.25) is 5.12 Å². The maximum atomic E-state index is 14.3. The van der Waals surface area contributed by atoms with Crippen LogP contribution in [0.2, 0.25) is 0 Å². The number of hydrogen-bond acceptors (Lipinski definition) is 4. The maximum Gasteiger partial charge on any atom is 0.460 e. The summed E-state index contributed by atoms with van der Waals surface area (Å²) in [6.45, 7) is 1.60. The van der Waals surface area contributed by atoms with Gasteiger partial charge >= 0.3 is 35.8 Å². The van der Waals surface area contributed by atoms with Crippen LogP contribution in [-0.2, 0) is 16.1 Å². The molecule has 0 aliphatic carbocycles. The van der Waals surface area contributed by atoms with Gasteiger partial charge in [0.1, 0.15) is 13.1 Å². The highest BCUT2D eigenvalue weighted by atomic mass is 32.2. The molecule has 0 aliphatic rings. The highest BCUT2D eigenvalue weighted by Crippen LogP contribution is 2.60. The van der Waals surface area contributed by atoms with Gasteiger partial charge in [0.05, 0.1) is 13.1 Å². The second kappa shape index (κ2) is 19.0. The molecule has 290 valence electrons. The summed E-state index contributed by atoms with van der Waals surface area (Å²) >= 11 is -0.114. The Bertz CT molecular complexity index is 1180. The first-order valence-electron chi connectivity index (χ1n) is 16.1. The summed E-state index contributed by atoms with van der Waals surface area (Å²) in [4.78, 5) is 24.4. The molecule has 18 heteroatoms. The van der Waals surface area contributed by atoms with E-state index in [1.807, 2.05) is 0 Å². The summed E-state index contributed by atoms with van der Waals surface area (Å²) < 4.78 is 174. The largest absolute Gasteiger partial charge is 0.550 e. The number of carboxylic acids is 1. The summed E-state index contributed by atoms with van der Waals surface area (Å²) in [6, 6.07) is 8.34. The van der Waals surface area contributed by atoms with E-state index in [0.29, 0.717) is 18.4 Å². The van der Waals surface area contributed by atoms with Gasteiger partial charge in [-0.1, -0.05) is 100 Å². The lowest BCUT2D eigenvalue weighted by atomic mass is 9.93. The molecule has 0 radical (unpaired) electrons. The van der Waals surface area contributed by atoms with E-state index in [2.05, 4.69) is 6.92 Å². The van der Waals surface area contributed by atoms with E-state index < -0.39 is 72.0 Å². The van der Waals surface area contributed by atoms with Crippen molar-refractivity contribution in [2.75, 3.05) is 25.4 Å². The van der Waals surface area contributed by atoms with Crippen LogP contribution in [0.25, 0.3) is 0 Å². The summed E-state index contributed by atoms with van der Waals surface area (Å²) in [5.74, 6) is -40.3. The van der Waals surface area contributed by atoms with Crippen molar-refractivity contribution in [3.8, 4) is 0 Å². The Balaban J connectivity index is 3.08. The van der Waals surface area contributed by atoms with Crippen molar-refractivity contribution >= 4 is 22.8 Å². The Morgan fingerprint density at radius 1 is 0.660 bits per heavy atom. The Morgan fingerprint density at radius 2 is 1.14 bits per heavy atom. The Kier molecular flexibility index (Phi) is 17.4. The second-order valence-corrected chi connectivity index (χ2v) is 13.5. The number of hydrogen-bond donors (Lipinski definition) is 0. The molecule has 0 saturated heterocycles. The van der Waals surface area contributed by atoms with Gasteiger partial charge in [-0.3, -0.25) is 4.79 Å². The number of rotatable bonds is 25. The molecule has 50 heavy (non-hydrogen) atoms. The average molecular weight is 768 g/mol. The van der Waals surface area contributed by atoms with E-state index in [4.69, 9.17) is 0 Å². The van der Waals surface area contributed by atoms with E-state index in [9.17, 15) is 71.8 Å². The first-order valence-corrected chi connectivity index (χ1v) is 17.1. The topological polar surface area (TPSA) is 57.2 Å². The van der Waals surface area contributed by atoms with Crippen molar-refractivity contribution in [1.29, 1.82) is 0 Å². The van der Waals surface area contributed by atoms with Crippen LogP contribution in [0.1, 0.15) is 89.5 Å². The highest BCUT2D eigenvalue weighted by molar-refractivity contribution is 8.13. The zero-order valence-electron chi connectivity index (χ0n) is 27.4. The third-order valence-electron chi connectivity index (χ3n) is 8.28. The molecule has 0 aromatic heterocycles. The number of alkyl halides is 13. The lowest BCUT2D eigenvalue weighted by Crippen LogP contribution is -2.70. The summed E-state index contributed by atoms with van der Waals surface area (Å²) in [6.07, 6.45) is -1.01. The van der Waals surface area contributed by atoms with Crippen molar-refractivity contribution < 1.29 is 76.3 Å². The molecule has 1 atom stereocenters. The lowest BCUT2D eigenvalue weighted by molar-refractivity contribution is -0.933. The molecule has 1 aromatic carbocycles. The quantitative estimate of drug-likeness (QED) is 0.0566. The molecule has 1 unspecified atom stereocenters. The van der Waals surface area contributed by atoms with Gasteiger partial charge in [0, 0.05) is 30.1 Å². The molecule has 0 aliphatic heterocycles. The van der Waals surface area contributed by atoms with Crippen LogP contribution < -0.4 is 5.11 Å². The Morgan fingerprint density at radius 3 is 1.62 bits per heavy atom. The van der Waals surface area contributed by atoms with Crippen molar-refractivity contribution in [3.05, 3.63) is 35.9 Å². The number of quaternary nitrogens is 1. The van der Waals surface area contributed by atoms with Gasteiger partial charge in [0.25, 0.3) is 0 Å². The van der Waals surface area contributed by atoms with Crippen molar-refractivity contribution in [1.82, 2.24) is 0 Å². The van der Waals surface area contributed by atoms with Crippen LogP contribution >= 0.6 is 11.8 Å². The molecule has 0 N–H and O–H groups in total. The van der Waals surface area contributed by atoms with Gasteiger partial charge in [-0.15, -0.1) is 0 Å². The van der Waals surface area contributed by atoms with Crippen LogP contribution in [0.4, 0.5) is 57.1 Å². The van der Waals surface area contributed by atoms with E-state index in [1.54, 1.807) is 30.3 Å². The number of carboxylic acid groups (broad SMARTS) is 1. The van der Waals surface area contributed by atoms with Crippen molar-refractivity contribution in [2.24, 2.45) is 0 Å². The van der Waals surface area contributed by atoms with Crippen LogP contribution in [0.3, 0.4) is 0 Å². The average Bonchev–Trinajstić information content (AvgIpc) is 3.00. The number of nitrogens with zero attached hydrogens (tertiary/aromatic N) is 1. The number of thioether (sulfide) groups is 1. The number of aliphatic carboxylic acids is 1. The van der Waals surface area contributed by atoms with Crippen LogP contribution in [0, 0.1) is 0 Å². The van der Waals surface area contributed by atoms with Gasteiger partial charge in [0.15, 0.2) is 0 Å². The van der Waals surface area contributed by atoms with E-state index in [1.165, 1.54) is 0 Å². The number of carbonyl (C=O) groups excluding carboxylic acids is 2. The summed E-state index contributed by atoms with van der Waals surface area (Å²) in [7, 11) is 0. The molecule has 0 fully saturated rings. The number of unbranched alkanes of at least 4 members (excludes halogenated alkanes) is 9. The first-order chi connectivity index (χ1) is 22.9. The van der Waals surface area contributed by atoms with Crippen LogP contribution in [0.5, 0.6) is 0 Å². The fourth-order valence-electron chi connectivity index (χ4n) is 5.29. The first kappa shape index (κ1) is 45.8. The molecule has 4 nitrogen and oxygen atoms in total. The molecule has 0 amide bonds. The van der Waals surface area contributed by atoms with Crippen LogP contribution in [-0.4, -0.2) is 76.7 Å². The van der Waals surface area contributed by atoms with E-state index in [0.717, 1.165) is 51.4 Å². The molecule has 0 spiro atoms. The summed E-state index contributed by atoms with van der Waals surface area (Å²) in [5, 5.41) is 10.4. The van der Waals surface area contributed by atoms with E-state index >= 15 is 0 Å². The second-order valence-electron chi connectivity index (χ2n) is 12.4. The Labute approximate surface area is 286 Å². The predicted octanol–water partition coefficient (Wildman–Crippen LogP) is 9.45. The zero-order chi connectivity index (χ0) is 38.5. The molecule has 1 aromatic rings. The van der Waals surface area contributed by atoms with Crippen LogP contribution in [0.15, 0.2) is 30.3 Å². The normalized spacial score (nSPS) is 14.8. The lowest BCUT2D eigenvalue weighted by Gasteiger charge is -2.40. The number of carbonyl (C=O) groups is 2. The summed E-state index contributed by atoms with van der Waals surface area (Å²) in [5.41, 5.74) is 0.640. The number of benzene rings is 1. The third kappa shape index (κ3) is 12.2. The SMILES string of the molecule is CCCCCCCCCCCC[N+](CCC(=O)[O-])(CC(=O)SCCC(F)(F)C(F)(F)C(F)(F)C(F)(F)C(F)(F)C(F)(F)F)Cc1ccccc1. The fraction of sp³-hybridized carbons (Fsp3) is 0.750. The van der Waals surface area contributed by atoms with Gasteiger partial charge in [-0.25, -0.2) is 0 Å². The highest BCUT2D eigenvalue weighted by Gasteiger charge is 2.90. The molecular weight excluding hydrogens is 725 g/mol. The third-order valence-corrected chi connectivity index (χ3v) is 9.14. The molecule has 0 saturated carbocycles. The molecule has 0 bridgehead atoms. The minimum atomic E-state index is -7.99. The van der Waals surface area contributed by atoms with E-state index in [-0.39, 0.29) is 35.9 Å². The molecule has 1 rings (SSSR count). The minimum Gasteiger partial charge on any atom is -0.550 e. The van der Waals surface area contributed by atoms with Gasteiger partial charge < -0.3 is 14.4 Å². The zero-order valence-corrected chi connectivity index (χ0v) is 28.2. The predicted molar refractivity (Wildman–Crippen MR) is 159 cm³/mol. The smallest absolute Gasteiger partial charge is 0.460 e. The molecular formula is C32H42F13NO3S. The number of halogens is 13. The standard InChI is InChI=1S/C32H42F13NO3S/c1-2-3-4-5-6-7-8-9-10-14-19-46(20-17-25(47)48,22-24-15-12-11-13-16-24)23-26(49)50-21-18-27(33,34)28(35,36)29(37,38)30(39,40)31(41,42)32(43,44)45/h11-13,15-16H,2-10,14,17-23H2,1H3. The van der Waals surface area contributed by atoms with Crippen molar-refractivity contribution in [3.63, 3.8) is 0 Å². The molecule has 0 heterocycles. The van der Waals surface area contributed by atoms with Gasteiger partial charge in [-0.2, -0.15) is 57.1 Å². The van der Waals surface area contributed by atoms with Crippen molar-refractivity contribution in [2.45, 2.75) is 126 Å². The maximum absolute atomic E-state index is 14.3. The van der Waals surface area contributed by atoms with Gasteiger partial charge in [-0.05, 0) is 12.8 Å². The Hall–Kier alpha value is -2.24. The minimum absolute atomic E-state index is 0.0564. The monoisotopic (exact) mass is 767 g/mol.